The number of ether oxygens (including phenoxy) is 1. The standard InChI is InChI=1S/C19H26FN3O4/c1-19(2,3)27-18(26)21-12-16(24)23-9-7-15(8-10-23)22-17(25)13-5-4-6-14(20)11-13/h4-6,11,15H,7-10,12H2,1-3H3,(H,21,26)(H,22,25). The van der Waals surface area contributed by atoms with Crippen LogP contribution in [0.4, 0.5) is 9.18 Å². The first-order chi connectivity index (χ1) is 12.6. The van der Waals surface area contributed by atoms with Gasteiger partial charge in [-0.3, -0.25) is 9.59 Å². The van der Waals surface area contributed by atoms with Gasteiger partial charge in [0, 0.05) is 24.7 Å². The van der Waals surface area contributed by atoms with E-state index in [0.29, 0.717) is 25.9 Å². The predicted octanol–water partition coefficient (Wildman–Crippen LogP) is 2.07. The van der Waals surface area contributed by atoms with Gasteiger partial charge in [-0.25, -0.2) is 9.18 Å². The van der Waals surface area contributed by atoms with Gasteiger partial charge in [0.25, 0.3) is 5.91 Å². The highest BCUT2D eigenvalue weighted by Gasteiger charge is 2.25. The Balaban J connectivity index is 1.74. The van der Waals surface area contributed by atoms with Crippen LogP contribution in [-0.4, -0.2) is 54.1 Å². The largest absolute Gasteiger partial charge is 0.444 e. The molecule has 1 saturated heterocycles. The van der Waals surface area contributed by atoms with Gasteiger partial charge in [0.15, 0.2) is 0 Å². The third-order valence-electron chi connectivity index (χ3n) is 4.05. The summed E-state index contributed by atoms with van der Waals surface area (Å²) in [5.74, 6) is -0.984. The molecule has 1 aliphatic heterocycles. The lowest BCUT2D eigenvalue weighted by Crippen LogP contribution is -2.49. The van der Waals surface area contributed by atoms with Crippen LogP contribution < -0.4 is 10.6 Å². The van der Waals surface area contributed by atoms with Crippen LogP contribution >= 0.6 is 0 Å². The first-order valence-electron chi connectivity index (χ1n) is 8.95. The van der Waals surface area contributed by atoms with E-state index in [1.54, 1.807) is 31.7 Å². The Labute approximate surface area is 158 Å². The van der Waals surface area contributed by atoms with Gasteiger partial charge < -0.3 is 20.3 Å². The molecule has 7 nitrogen and oxygen atoms in total. The molecule has 1 aromatic rings. The molecule has 1 aliphatic rings. The van der Waals surface area contributed by atoms with E-state index in [0.717, 1.165) is 0 Å². The van der Waals surface area contributed by atoms with Crippen molar-refractivity contribution >= 4 is 17.9 Å². The third-order valence-corrected chi connectivity index (χ3v) is 4.05. The van der Waals surface area contributed by atoms with Crippen LogP contribution in [-0.2, 0) is 9.53 Å². The van der Waals surface area contributed by atoms with Gasteiger partial charge in [0.05, 0.1) is 0 Å². The minimum absolute atomic E-state index is 0.0800. The van der Waals surface area contributed by atoms with Gasteiger partial charge in [0.2, 0.25) is 5.91 Å². The molecule has 0 unspecified atom stereocenters. The van der Waals surface area contributed by atoms with E-state index >= 15 is 0 Å². The van der Waals surface area contributed by atoms with Crippen molar-refractivity contribution in [1.29, 1.82) is 0 Å². The second-order valence-electron chi connectivity index (χ2n) is 7.49. The number of likely N-dealkylation sites (tertiary alicyclic amines) is 1. The first kappa shape index (κ1) is 20.7. The van der Waals surface area contributed by atoms with Crippen LogP contribution in [0.15, 0.2) is 24.3 Å². The summed E-state index contributed by atoms with van der Waals surface area (Å²) in [5, 5.41) is 5.31. The maximum atomic E-state index is 13.2. The SMILES string of the molecule is CC(C)(C)OC(=O)NCC(=O)N1CCC(NC(=O)c2cccc(F)c2)CC1. The van der Waals surface area contributed by atoms with E-state index in [1.165, 1.54) is 18.2 Å². The lowest BCUT2D eigenvalue weighted by molar-refractivity contribution is -0.131. The molecule has 0 bridgehead atoms. The maximum absolute atomic E-state index is 13.2. The number of benzene rings is 1. The summed E-state index contributed by atoms with van der Waals surface area (Å²) in [7, 11) is 0. The van der Waals surface area contributed by atoms with Crippen molar-refractivity contribution in [2.24, 2.45) is 0 Å². The predicted molar refractivity (Wildman–Crippen MR) is 97.7 cm³/mol. The molecule has 1 heterocycles. The monoisotopic (exact) mass is 379 g/mol. The average Bonchev–Trinajstić information content (AvgIpc) is 2.59. The first-order valence-corrected chi connectivity index (χ1v) is 8.95. The topological polar surface area (TPSA) is 87.7 Å². The van der Waals surface area contributed by atoms with Crippen molar-refractivity contribution < 1.29 is 23.5 Å². The van der Waals surface area contributed by atoms with Crippen molar-refractivity contribution in [3.05, 3.63) is 35.6 Å². The Bertz CT molecular complexity index is 694. The fraction of sp³-hybridized carbons (Fsp3) is 0.526. The highest BCUT2D eigenvalue weighted by atomic mass is 19.1. The van der Waals surface area contributed by atoms with Crippen molar-refractivity contribution in [1.82, 2.24) is 15.5 Å². The van der Waals surface area contributed by atoms with E-state index in [9.17, 15) is 18.8 Å². The number of halogens is 1. The summed E-state index contributed by atoms with van der Waals surface area (Å²) >= 11 is 0. The summed E-state index contributed by atoms with van der Waals surface area (Å²) in [6.07, 6.45) is 0.562. The Kier molecular flexibility index (Phi) is 6.76. The number of amides is 3. The molecular weight excluding hydrogens is 353 g/mol. The zero-order valence-corrected chi connectivity index (χ0v) is 15.9. The van der Waals surface area contributed by atoms with Crippen LogP contribution in [0.2, 0.25) is 0 Å². The average molecular weight is 379 g/mol. The number of nitrogens with zero attached hydrogens (tertiary/aromatic N) is 1. The van der Waals surface area contributed by atoms with E-state index in [1.807, 2.05) is 0 Å². The van der Waals surface area contributed by atoms with E-state index in [2.05, 4.69) is 10.6 Å². The summed E-state index contributed by atoms with van der Waals surface area (Å²) in [6.45, 7) is 6.06. The van der Waals surface area contributed by atoms with E-state index < -0.39 is 17.5 Å². The van der Waals surface area contributed by atoms with Gasteiger partial charge in [-0.15, -0.1) is 0 Å². The van der Waals surface area contributed by atoms with Crippen molar-refractivity contribution in [2.75, 3.05) is 19.6 Å². The molecule has 1 aromatic carbocycles. The second-order valence-corrected chi connectivity index (χ2v) is 7.49. The minimum Gasteiger partial charge on any atom is -0.444 e. The van der Waals surface area contributed by atoms with Crippen molar-refractivity contribution in [2.45, 2.75) is 45.3 Å². The molecule has 2 rings (SSSR count). The Morgan fingerprint density at radius 2 is 1.89 bits per heavy atom. The summed E-state index contributed by atoms with van der Waals surface area (Å²) < 4.78 is 18.3. The Morgan fingerprint density at radius 1 is 1.22 bits per heavy atom. The van der Waals surface area contributed by atoms with E-state index in [4.69, 9.17) is 4.74 Å². The molecule has 0 aliphatic carbocycles. The highest BCUT2D eigenvalue weighted by Crippen LogP contribution is 2.12. The van der Waals surface area contributed by atoms with E-state index in [-0.39, 0.29) is 30.0 Å². The van der Waals surface area contributed by atoms with Gasteiger partial charge in [-0.05, 0) is 51.8 Å². The smallest absolute Gasteiger partial charge is 0.408 e. The lowest BCUT2D eigenvalue weighted by atomic mass is 10.0. The highest BCUT2D eigenvalue weighted by molar-refractivity contribution is 5.94. The van der Waals surface area contributed by atoms with Crippen molar-refractivity contribution in [3.63, 3.8) is 0 Å². The molecule has 148 valence electrons. The lowest BCUT2D eigenvalue weighted by Gasteiger charge is -2.32. The van der Waals surface area contributed by atoms with Crippen LogP contribution in [0, 0.1) is 5.82 Å². The second kappa shape index (κ2) is 8.83. The number of piperidine rings is 1. The number of rotatable bonds is 4. The molecule has 3 amide bonds. The molecule has 8 heteroatoms. The van der Waals surface area contributed by atoms with Crippen LogP contribution in [0.25, 0.3) is 0 Å². The van der Waals surface area contributed by atoms with Crippen molar-refractivity contribution in [3.8, 4) is 0 Å². The quantitative estimate of drug-likeness (QED) is 0.838. The van der Waals surface area contributed by atoms with Gasteiger partial charge in [0.1, 0.15) is 18.0 Å². The molecule has 2 N–H and O–H groups in total. The molecule has 0 saturated carbocycles. The summed E-state index contributed by atoms with van der Waals surface area (Å²) in [6, 6.07) is 5.44. The number of carbonyl (C=O) groups is 3. The van der Waals surface area contributed by atoms with Gasteiger partial charge >= 0.3 is 6.09 Å². The van der Waals surface area contributed by atoms with Gasteiger partial charge in [-0.2, -0.15) is 0 Å². The fourth-order valence-corrected chi connectivity index (χ4v) is 2.75. The summed E-state index contributed by atoms with van der Waals surface area (Å²) in [4.78, 5) is 37.6. The number of carbonyl (C=O) groups excluding carboxylic acids is 3. The zero-order chi connectivity index (χ0) is 20.0. The molecule has 27 heavy (non-hydrogen) atoms. The normalized spacial score (nSPS) is 15.2. The fourth-order valence-electron chi connectivity index (χ4n) is 2.75. The maximum Gasteiger partial charge on any atom is 0.408 e. The number of alkyl carbamates (subject to hydrolysis) is 1. The Hall–Kier alpha value is -2.64. The number of hydrogen-bond donors (Lipinski definition) is 2. The molecule has 0 aromatic heterocycles. The molecular formula is C19H26FN3O4. The molecule has 1 fully saturated rings. The van der Waals surface area contributed by atoms with Crippen LogP contribution in [0.5, 0.6) is 0 Å². The van der Waals surface area contributed by atoms with Crippen LogP contribution in [0.1, 0.15) is 44.0 Å². The molecule has 0 atom stereocenters. The molecule has 0 spiro atoms. The minimum atomic E-state index is -0.631. The third kappa shape index (κ3) is 6.88. The van der Waals surface area contributed by atoms with Crippen LogP contribution in [0.3, 0.4) is 0 Å². The zero-order valence-electron chi connectivity index (χ0n) is 15.9. The summed E-state index contributed by atoms with van der Waals surface area (Å²) in [5.41, 5.74) is -0.346. The van der Waals surface area contributed by atoms with Gasteiger partial charge in [-0.1, -0.05) is 6.07 Å². The molecule has 0 radical (unpaired) electrons. The number of nitrogens with one attached hydrogen (secondary N) is 2. The Morgan fingerprint density at radius 3 is 2.48 bits per heavy atom. The number of hydrogen-bond acceptors (Lipinski definition) is 4.